The van der Waals surface area contributed by atoms with Gasteiger partial charge in [0.2, 0.25) is 5.91 Å². The van der Waals surface area contributed by atoms with E-state index in [0.717, 1.165) is 17.9 Å². The van der Waals surface area contributed by atoms with Gasteiger partial charge in [0.1, 0.15) is 5.76 Å². The van der Waals surface area contributed by atoms with Gasteiger partial charge < -0.3 is 4.42 Å². The molecule has 0 aromatic carbocycles. The first-order chi connectivity index (χ1) is 10.2. The van der Waals surface area contributed by atoms with Crippen LogP contribution in [0.4, 0.5) is 6.01 Å². The summed E-state index contributed by atoms with van der Waals surface area (Å²) in [5, 5.41) is 2.82. The molecule has 108 valence electrons. The number of aromatic nitrogens is 2. The lowest BCUT2D eigenvalue weighted by Crippen LogP contribution is -2.14. The molecule has 2 aliphatic carbocycles. The number of nitrogens with one attached hydrogen (secondary N) is 1. The van der Waals surface area contributed by atoms with Gasteiger partial charge in [-0.05, 0) is 49.8 Å². The Morgan fingerprint density at radius 1 is 1.33 bits per heavy atom. The molecule has 2 aromatic heterocycles. The van der Waals surface area contributed by atoms with Crippen LogP contribution in [0.15, 0.2) is 28.9 Å². The molecule has 0 aliphatic heterocycles. The van der Waals surface area contributed by atoms with E-state index < -0.39 is 0 Å². The SMILES string of the molecule is Cc1oc(NC(=O)[C@@H]2C[C@H]2c2ccncc2)nc1C1CC1. The minimum atomic E-state index is 0.000379. The predicted molar refractivity (Wildman–Crippen MR) is 76.9 cm³/mol. The summed E-state index contributed by atoms with van der Waals surface area (Å²) in [6.45, 7) is 1.91. The average Bonchev–Trinajstić information content (AvgIpc) is 3.39. The molecular weight excluding hydrogens is 266 g/mol. The summed E-state index contributed by atoms with van der Waals surface area (Å²) < 4.78 is 5.55. The molecule has 2 aliphatic rings. The smallest absolute Gasteiger partial charge is 0.301 e. The molecule has 2 fully saturated rings. The lowest BCUT2D eigenvalue weighted by molar-refractivity contribution is -0.117. The van der Waals surface area contributed by atoms with E-state index in [4.69, 9.17) is 4.42 Å². The van der Waals surface area contributed by atoms with Crippen LogP contribution >= 0.6 is 0 Å². The molecule has 2 heterocycles. The molecule has 0 spiro atoms. The number of hydrogen-bond donors (Lipinski definition) is 1. The predicted octanol–water partition coefficient (Wildman–Crippen LogP) is 3.00. The second-order valence-electron chi connectivity index (χ2n) is 5.95. The van der Waals surface area contributed by atoms with Crippen molar-refractivity contribution in [1.29, 1.82) is 0 Å². The van der Waals surface area contributed by atoms with Crippen molar-refractivity contribution in [2.45, 2.75) is 38.0 Å². The maximum atomic E-state index is 12.2. The van der Waals surface area contributed by atoms with Gasteiger partial charge in [-0.25, -0.2) is 0 Å². The molecule has 2 saturated carbocycles. The Balaban J connectivity index is 1.42. The third-order valence-corrected chi connectivity index (χ3v) is 4.29. The highest BCUT2D eigenvalue weighted by Crippen LogP contribution is 2.48. The van der Waals surface area contributed by atoms with Gasteiger partial charge in [0, 0.05) is 24.2 Å². The van der Waals surface area contributed by atoms with E-state index in [-0.39, 0.29) is 11.8 Å². The Hall–Kier alpha value is -2.17. The van der Waals surface area contributed by atoms with Crippen LogP contribution in [0, 0.1) is 12.8 Å². The summed E-state index contributed by atoms with van der Waals surface area (Å²) in [6, 6.07) is 4.29. The lowest BCUT2D eigenvalue weighted by atomic mass is 10.1. The molecule has 4 rings (SSSR count). The van der Waals surface area contributed by atoms with E-state index in [1.54, 1.807) is 12.4 Å². The molecular formula is C16H17N3O2. The number of aryl methyl sites for hydroxylation is 1. The highest BCUT2D eigenvalue weighted by Gasteiger charge is 2.44. The van der Waals surface area contributed by atoms with Crippen LogP contribution in [0.3, 0.4) is 0 Å². The van der Waals surface area contributed by atoms with E-state index in [1.807, 2.05) is 19.1 Å². The normalized spacial score (nSPS) is 23.9. The number of carbonyl (C=O) groups excluding carboxylic acids is 1. The number of rotatable bonds is 4. The van der Waals surface area contributed by atoms with Crippen LogP contribution in [0.5, 0.6) is 0 Å². The van der Waals surface area contributed by atoms with Gasteiger partial charge in [-0.2, -0.15) is 4.98 Å². The van der Waals surface area contributed by atoms with E-state index in [9.17, 15) is 4.79 Å². The van der Waals surface area contributed by atoms with Crippen molar-refractivity contribution in [1.82, 2.24) is 9.97 Å². The fourth-order valence-corrected chi connectivity index (χ4v) is 2.86. The highest BCUT2D eigenvalue weighted by molar-refractivity contribution is 5.93. The van der Waals surface area contributed by atoms with Crippen LogP contribution in [-0.2, 0) is 4.79 Å². The number of carbonyl (C=O) groups is 1. The Morgan fingerprint density at radius 3 is 2.81 bits per heavy atom. The first kappa shape index (κ1) is 12.6. The van der Waals surface area contributed by atoms with Crippen molar-refractivity contribution in [3.63, 3.8) is 0 Å². The summed E-state index contributed by atoms with van der Waals surface area (Å²) >= 11 is 0. The van der Waals surface area contributed by atoms with Crippen LogP contribution < -0.4 is 5.32 Å². The van der Waals surface area contributed by atoms with Crippen LogP contribution in [0.25, 0.3) is 0 Å². The van der Waals surface area contributed by atoms with E-state index in [2.05, 4.69) is 15.3 Å². The summed E-state index contributed by atoms with van der Waals surface area (Å²) in [7, 11) is 0. The number of amides is 1. The zero-order valence-corrected chi connectivity index (χ0v) is 11.9. The third kappa shape index (κ3) is 2.44. The van der Waals surface area contributed by atoms with Gasteiger partial charge in [0.25, 0.3) is 0 Å². The molecule has 5 nitrogen and oxygen atoms in total. The second kappa shape index (κ2) is 4.69. The third-order valence-electron chi connectivity index (χ3n) is 4.29. The zero-order chi connectivity index (χ0) is 14.4. The highest BCUT2D eigenvalue weighted by atomic mass is 16.4. The van der Waals surface area contributed by atoms with Gasteiger partial charge in [-0.15, -0.1) is 0 Å². The number of oxazole rings is 1. The fourth-order valence-electron chi connectivity index (χ4n) is 2.86. The molecule has 5 heteroatoms. The maximum absolute atomic E-state index is 12.2. The first-order valence-corrected chi connectivity index (χ1v) is 7.40. The van der Waals surface area contributed by atoms with Crippen molar-refractivity contribution >= 4 is 11.9 Å². The van der Waals surface area contributed by atoms with E-state index >= 15 is 0 Å². The quantitative estimate of drug-likeness (QED) is 0.936. The fraction of sp³-hybridized carbons (Fsp3) is 0.438. The minimum absolute atomic E-state index is 0.000379. The lowest BCUT2D eigenvalue weighted by Gasteiger charge is -2.00. The number of anilines is 1. The molecule has 0 saturated heterocycles. The second-order valence-corrected chi connectivity index (χ2v) is 5.95. The molecule has 0 bridgehead atoms. The number of nitrogens with zero attached hydrogens (tertiary/aromatic N) is 2. The van der Waals surface area contributed by atoms with Crippen LogP contribution in [0.2, 0.25) is 0 Å². The summed E-state index contributed by atoms with van der Waals surface area (Å²) in [4.78, 5) is 20.7. The van der Waals surface area contributed by atoms with Gasteiger partial charge in [0.15, 0.2) is 0 Å². The van der Waals surface area contributed by atoms with Crippen molar-refractivity contribution in [2.24, 2.45) is 5.92 Å². The number of pyridine rings is 1. The number of hydrogen-bond acceptors (Lipinski definition) is 4. The largest absolute Gasteiger partial charge is 0.428 e. The van der Waals surface area contributed by atoms with Gasteiger partial charge >= 0.3 is 6.01 Å². The Kier molecular flexibility index (Phi) is 2.80. The average molecular weight is 283 g/mol. The summed E-state index contributed by atoms with van der Waals surface area (Å²) in [5.41, 5.74) is 2.18. The topological polar surface area (TPSA) is 68.0 Å². The zero-order valence-electron chi connectivity index (χ0n) is 11.9. The van der Waals surface area contributed by atoms with Crippen LogP contribution in [0.1, 0.15) is 48.1 Å². The molecule has 21 heavy (non-hydrogen) atoms. The monoisotopic (exact) mass is 283 g/mol. The van der Waals surface area contributed by atoms with E-state index in [1.165, 1.54) is 18.4 Å². The van der Waals surface area contributed by atoms with Crippen molar-refractivity contribution in [3.8, 4) is 0 Å². The molecule has 0 unspecified atom stereocenters. The summed E-state index contributed by atoms with van der Waals surface area (Å²) in [5.74, 6) is 1.68. The molecule has 0 radical (unpaired) electrons. The van der Waals surface area contributed by atoms with Gasteiger partial charge in [-0.3, -0.25) is 15.1 Å². The molecule has 2 aromatic rings. The van der Waals surface area contributed by atoms with Gasteiger partial charge in [-0.1, -0.05) is 0 Å². The van der Waals surface area contributed by atoms with Crippen molar-refractivity contribution in [2.75, 3.05) is 5.32 Å². The molecule has 2 atom stereocenters. The van der Waals surface area contributed by atoms with Crippen LogP contribution in [-0.4, -0.2) is 15.9 Å². The minimum Gasteiger partial charge on any atom is -0.428 e. The molecule has 1 amide bonds. The van der Waals surface area contributed by atoms with E-state index in [0.29, 0.717) is 17.9 Å². The van der Waals surface area contributed by atoms with Crippen molar-refractivity contribution in [3.05, 3.63) is 41.5 Å². The Morgan fingerprint density at radius 2 is 2.10 bits per heavy atom. The Labute approximate surface area is 122 Å². The molecule has 1 N–H and O–H groups in total. The Bertz CT molecular complexity index is 676. The van der Waals surface area contributed by atoms with Gasteiger partial charge in [0.05, 0.1) is 5.69 Å². The summed E-state index contributed by atoms with van der Waals surface area (Å²) in [6.07, 6.45) is 6.76. The van der Waals surface area contributed by atoms with Crippen molar-refractivity contribution < 1.29 is 9.21 Å². The standard InChI is InChI=1S/C16H17N3O2/c1-9-14(11-2-3-11)18-16(21-9)19-15(20)13-8-12(13)10-4-6-17-7-5-10/h4-7,11-13H,2-3,8H2,1H3,(H,18,19,20)/t12-,13+/m0/s1. The first-order valence-electron chi connectivity index (χ1n) is 7.40. The maximum Gasteiger partial charge on any atom is 0.301 e.